The van der Waals surface area contributed by atoms with Crippen molar-refractivity contribution in [1.29, 1.82) is 0 Å². The van der Waals surface area contributed by atoms with Crippen molar-refractivity contribution in [3.8, 4) is 0 Å². The lowest BCUT2D eigenvalue weighted by atomic mass is 10.0. The maximum absolute atomic E-state index is 11.5. The van der Waals surface area contributed by atoms with E-state index in [-0.39, 0.29) is 11.3 Å². The summed E-state index contributed by atoms with van der Waals surface area (Å²) in [4.78, 5) is 23.8. The van der Waals surface area contributed by atoms with Crippen LogP contribution in [0.2, 0.25) is 0 Å². The molecule has 102 valence electrons. The Labute approximate surface area is 110 Å². The van der Waals surface area contributed by atoms with Gasteiger partial charge in [0.25, 0.3) is 5.69 Å². The molecule has 1 heterocycles. The fourth-order valence-corrected chi connectivity index (χ4v) is 2.55. The van der Waals surface area contributed by atoms with E-state index in [0.29, 0.717) is 13.1 Å². The van der Waals surface area contributed by atoms with Gasteiger partial charge in [-0.3, -0.25) is 19.8 Å². The molecule has 1 aromatic carbocycles. The first-order valence-corrected chi connectivity index (χ1v) is 6.31. The number of nitro groups is 1. The molecular weight excluding hydrogens is 248 g/mol. The smallest absolute Gasteiger partial charge is 0.325 e. The zero-order valence-electron chi connectivity index (χ0n) is 10.5. The van der Waals surface area contributed by atoms with Gasteiger partial charge < -0.3 is 5.11 Å². The number of hydrogen-bond donors (Lipinski definition) is 1. The molecule has 0 radical (unpaired) electrons. The molecule has 0 amide bonds. The molecule has 2 rings (SSSR count). The molecule has 1 saturated heterocycles. The van der Waals surface area contributed by atoms with E-state index in [1.54, 1.807) is 12.1 Å². The summed E-state index contributed by atoms with van der Waals surface area (Å²) in [6.07, 6.45) is 2.95. The van der Waals surface area contributed by atoms with Crippen LogP contribution in [0.4, 0.5) is 5.69 Å². The second kappa shape index (κ2) is 5.79. The van der Waals surface area contributed by atoms with E-state index in [4.69, 9.17) is 0 Å². The van der Waals surface area contributed by atoms with Crippen LogP contribution in [0.5, 0.6) is 0 Å². The summed E-state index contributed by atoms with van der Waals surface area (Å²) in [6, 6.07) is 5.15. The first kappa shape index (κ1) is 13.5. The highest BCUT2D eigenvalue weighted by atomic mass is 16.6. The van der Waals surface area contributed by atoms with Crippen LogP contribution in [0, 0.1) is 10.1 Å². The lowest BCUT2D eigenvalue weighted by Gasteiger charge is -2.31. The van der Waals surface area contributed by atoms with Crippen molar-refractivity contribution < 1.29 is 14.8 Å². The zero-order chi connectivity index (χ0) is 13.8. The van der Waals surface area contributed by atoms with Gasteiger partial charge in [-0.05, 0) is 32.0 Å². The molecule has 1 N–H and O–H groups in total. The molecule has 6 nitrogen and oxygen atoms in total. The molecule has 1 aromatic rings. The summed E-state index contributed by atoms with van der Waals surface area (Å²) in [6.45, 7) is 1.34. The summed E-state index contributed by atoms with van der Waals surface area (Å²) in [5.74, 6) is -1.03. The van der Waals surface area contributed by atoms with Crippen LogP contribution < -0.4 is 0 Å². The fraction of sp³-hybridized carbons (Fsp3) is 0.462. The average molecular weight is 264 g/mol. The molecule has 0 saturated carbocycles. The van der Waals surface area contributed by atoms with Gasteiger partial charge in [-0.2, -0.15) is 0 Å². The first-order valence-electron chi connectivity index (χ1n) is 6.31. The van der Waals surface area contributed by atoms with Gasteiger partial charge in [-0.25, -0.2) is 0 Å². The van der Waals surface area contributed by atoms with Crippen LogP contribution in [0.15, 0.2) is 24.3 Å². The SMILES string of the molecule is O=C(O)C(c1ccccc1[N+](=O)[O-])N1CCCCC1. The lowest BCUT2D eigenvalue weighted by Crippen LogP contribution is -2.38. The number of para-hydroxylation sites is 1. The summed E-state index contributed by atoms with van der Waals surface area (Å²) in [7, 11) is 0. The second-order valence-corrected chi connectivity index (χ2v) is 4.65. The van der Waals surface area contributed by atoms with Gasteiger partial charge in [0, 0.05) is 6.07 Å². The average Bonchev–Trinajstić information content (AvgIpc) is 2.40. The Kier molecular flexibility index (Phi) is 4.11. The second-order valence-electron chi connectivity index (χ2n) is 4.65. The van der Waals surface area contributed by atoms with E-state index in [9.17, 15) is 20.0 Å². The number of hydrogen-bond acceptors (Lipinski definition) is 4. The Hall–Kier alpha value is -1.95. The maximum Gasteiger partial charge on any atom is 0.325 e. The van der Waals surface area contributed by atoms with Gasteiger partial charge >= 0.3 is 5.97 Å². The summed E-state index contributed by atoms with van der Waals surface area (Å²) < 4.78 is 0. The van der Waals surface area contributed by atoms with Gasteiger partial charge in [0.05, 0.1) is 10.5 Å². The summed E-state index contributed by atoms with van der Waals surface area (Å²) in [5, 5.41) is 20.4. The van der Waals surface area contributed by atoms with Crippen LogP contribution in [0.1, 0.15) is 30.9 Å². The molecule has 0 aromatic heterocycles. The van der Waals surface area contributed by atoms with E-state index in [1.165, 1.54) is 12.1 Å². The van der Waals surface area contributed by atoms with Crippen molar-refractivity contribution in [3.05, 3.63) is 39.9 Å². The minimum absolute atomic E-state index is 0.125. The Morgan fingerprint density at radius 3 is 2.47 bits per heavy atom. The molecule has 0 aliphatic carbocycles. The van der Waals surface area contributed by atoms with Crippen LogP contribution in [0.25, 0.3) is 0 Å². The lowest BCUT2D eigenvalue weighted by molar-refractivity contribution is -0.385. The monoisotopic (exact) mass is 264 g/mol. The number of benzene rings is 1. The van der Waals surface area contributed by atoms with Gasteiger partial charge in [0.15, 0.2) is 0 Å². The number of rotatable bonds is 4. The predicted molar refractivity (Wildman–Crippen MR) is 68.9 cm³/mol. The van der Waals surface area contributed by atoms with Crippen molar-refractivity contribution in [2.45, 2.75) is 25.3 Å². The first-order chi connectivity index (χ1) is 9.11. The molecule has 1 fully saturated rings. The van der Waals surface area contributed by atoms with E-state index in [1.807, 2.05) is 4.90 Å². The van der Waals surface area contributed by atoms with Crippen LogP contribution in [-0.4, -0.2) is 34.0 Å². The largest absolute Gasteiger partial charge is 0.480 e. The van der Waals surface area contributed by atoms with Gasteiger partial charge in [0.2, 0.25) is 0 Å². The summed E-state index contributed by atoms with van der Waals surface area (Å²) >= 11 is 0. The van der Waals surface area contributed by atoms with Crippen molar-refractivity contribution in [3.63, 3.8) is 0 Å². The van der Waals surface area contributed by atoms with Crippen molar-refractivity contribution >= 4 is 11.7 Å². The Morgan fingerprint density at radius 2 is 1.89 bits per heavy atom. The molecule has 0 bridgehead atoms. The molecule has 0 spiro atoms. The Morgan fingerprint density at radius 1 is 1.26 bits per heavy atom. The topological polar surface area (TPSA) is 83.7 Å². The molecule has 1 aliphatic rings. The Bertz CT molecular complexity index is 483. The third kappa shape index (κ3) is 2.90. The minimum atomic E-state index is -1.03. The minimum Gasteiger partial charge on any atom is -0.480 e. The van der Waals surface area contributed by atoms with Crippen LogP contribution in [-0.2, 0) is 4.79 Å². The number of aliphatic carboxylic acids is 1. The quantitative estimate of drug-likeness (QED) is 0.665. The number of carbonyl (C=O) groups is 1. The Balaban J connectivity index is 2.38. The fourth-order valence-electron chi connectivity index (χ4n) is 2.55. The van der Waals surface area contributed by atoms with E-state index in [2.05, 4.69) is 0 Å². The standard InChI is InChI=1S/C13H16N2O4/c16-13(17)12(14-8-4-1-5-9-14)10-6-2-3-7-11(10)15(18)19/h2-3,6-7,12H,1,4-5,8-9H2,(H,16,17). The van der Waals surface area contributed by atoms with Crippen molar-refractivity contribution in [2.75, 3.05) is 13.1 Å². The van der Waals surface area contributed by atoms with Crippen molar-refractivity contribution in [2.24, 2.45) is 0 Å². The van der Waals surface area contributed by atoms with Gasteiger partial charge in [-0.1, -0.05) is 18.6 Å². The number of nitrogens with zero attached hydrogens (tertiary/aromatic N) is 2. The third-order valence-electron chi connectivity index (χ3n) is 3.42. The zero-order valence-corrected chi connectivity index (χ0v) is 10.5. The highest BCUT2D eigenvalue weighted by Gasteiger charge is 2.33. The number of nitro benzene ring substituents is 1. The normalized spacial score (nSPS) is 17.9. The van der Waals surface area contributed by atoms with Crippen LogP contribution in [0.3, 0.4) is 0 Å². The predicted octanol–water partition coefficient (Wildman–Crippen LogP) is 2.21. The molecule has 1 aliphatic heterocycles. The van der Waals surface area contributed by atoms with E-state index < -0.39 is 16.9 Å². The number of likely N-dealkylation sites (tertiary alicyclic amines) is 1. The maximum atomic E-state index is 11.5. The highest BCUT2D eigenvalue weighted by Crippen LogP contribution is 2.31. The highest BCUT2D eigenvalue weighted by molar-refractivity contribution is 5.77. The van der Waals surface area contributed by atoms with Gasteiger partial charge in [0.1, 0.15) is 6.04 Å². The molecule has 1 unspecified atom stereocenters. The van der Waals surface area contributed by atoms with Crippen LogP contribution >= 0.6 is 0 Å². The van der Waals surface area contributed by atoms with E-state index in [0.717, 1.165) is 19.3 Å². The van der Waals surface area contributed by atoms with Crippen molar-refractivity contribution in [1.82, 2.24) is 4.90 Å². The molecular formula is C13H16N2O4. The number of piperidine rings is 1. The molecule has 6 heteroatoms. The van der Waals surface area contributed by atoms with Gasteiger partial charge in [-0.15, -0.1) is 0 Å². The van der Waals surface area contributed by atoms with E-state index >= 15 is 0 Å². The summed E-state index contributed by atoms with van der Waals surface area (Å²) in [5.41, 5.74) is 0.141. The molecule has 1 atom stereocenters. The molecule has 19 heavy (non-hydrogen) atoms. The number of carboxylic acids is 1. The third-order valence-corrected chi connectivity index (χ3v) is 3.42. The number of carboxylic acid groups (broad SMARTS) is 1.